The standard InChI is InChI=1S/C61H108O6/c1-4-7-10-13-16-19-22-25-27-28-29-30-31-32-33-35-36-39-42-45-48-51-54-60(63)66-57-58(56-65-59(62)53-50-47-44-41-38-24-21-18-15-12-9-6-3)67-61(64)55-52-49-46-43-40-37-34-26-23-20-17-14-11-8-5-2/h8,11,17-18,20-21,26,34,40,43,58H,4-7,9-10,12-16,19,22-25,27-33,35-39,41-42,44-57H2,1-3H3/b11-8-,20-17-,21-18-,34-26-,43-40-. The van der Waals surface area contributed by atoms with E-state index in [-0.39, 0.29) is 37.5 Å². The summed E-state index contributed by atoms with van der Waals surface area (Å²) in [5, 5.41) is 0. The third-order valence-electron chi connectivity index (χ3n) is 12.5. The van der Waals surface area contributed by atoms with E-state index in [1.54, 1.807) is 0 Å². The van der Waals surface area contributed by atoms with Crippen LogP contribution < -0.4 is 0 Å². The van der Waals surface area contributed by atoms with Gasteiger partial charge in [0.2, 0.25) is 0 Å². The molecule has 0 aliphatic rings. The number of rotatable bonds is 52. The molecule has 0 N–H and O–H groups in total. The van der Waals surface area contributed by atoms with Crippen LogP contribution in [0.15, 0.2) is 60.8 Å². The Labute approximate surface area is 415 Å². The molecular weight excluding hydrogens is 829 g/mol. The molecule has 1 unspecified atom stereocenters. The molecule has 6 nitrogen and oxygen atoms in total. The monoisotopic (exact) mass is 937 g/mol. The molecule has 0 aromatic rings. The smallest absolute Gasteiger partial charge is 0.306 e. The second-order valence-corrected chi connectivity index (χ2v) is 19.2. The average molecular weight is 938 g/mol. The van der Waals surface area contributed by atoms with Gasteiger partial charge in [-0.15, -0.1) is 0 Å². The van der Waals surface area contributed by atoms with Gasteiger partial charge in [-0.3, -0.25) is 14.4 Å². The largest absolute Gasteiger partial charge is 0.462 e. The van der Waals surface area contributed by atoms with E-state index in [0.717, 1.165) is 83.5 Å². The molecule has 0 aliphatic heterocycles. The van der Waals surface area contributed by atoms with Gasteiger partial charge in [0, 0.05) is 19.3 Å². The Bertz CT molecular complexity index is 1210. The van der Waals surface area contributed by atoms with Gasteiger partial charge >= 0.3 is 17.9 Å². The van der Waals surface area contributed by atoms with Crippen molar-refractivity contribution in [1.82, 2.24) is 0 Å². The Balaban J connectivity index is 4.32. The fourth-order valence-corrected chi connectivity index (χ4v) is 8.19. The van der Waals surface area contributed by atoms with Crippen molar-refractivity contribution in [2.45, 2.75) is 297 Å². The number of carbonyl (C=O) groups excluding carboxylic acids is 3. The molecule has 0 aromatic carbocycles. The molecule has 0 rings (SSSR count). The quantitative estimate of drug-likeness (QED) is 0.0262. The highest BCUT2D eigenvalue weighted by Gasteiger charge is 2.19. The average Bonchev–Trinajstić information content (AvgIpc) is 3.33. The molecule has 0 heterocycles. The van der Waals surface area contributed by atoms with Gasteiger partial charge in [-0.25, -0.2) is 0 Å². The lowest BCUT2D eigenvalue weighted by Crippen LogP contribution is -2.30. The third-order valence-corrected chi connectivity index (χ3v) is 12.5. The van der Waals surface area contributed by atoms with Crippen LogP contribution in [0.2, 0.25) is 0 Å². The Morgan fingerprint density at radius 3 is 0.985 bits per heavy atom. The SMILES string of the molecule is CC/C=C\C/C=C\C/C=C\C/C=C\CCCCC(=O)OC(COC(=O)CCCCCCC/C=C\CCCCC)COC(=O)CCCCCCCCCCCCCCCCCCCCCCCC. The Morgan fingerprint density at radius 2 is 0.582 bits per heavy atom. The minimum atomic E-state index is -0.797. The maximum atomic E-state index is 12.8. The van der Waals surface area contributed by atoms with Gasteiger partial charge in [-0.1, -0.05) is 248 Å². The summed E-state index contributed by atoms with van der Waals surface area (Å²) in [5.74, 6) is -0.932. The molecule has 388 valence electrons. The van der Waals surface area contributed by atoms with Crippen molar-refractivity contribution in [3.63, 3.8) is 0 Å². The summed E-state index contributed by atoms with van der Waals surface area (Å²) in [7, 11) is 0. The second-order valence-electron chi connectivity index (χ2n) is 19.2. The van der Waals surface area contributed by atoms with Crippen LogP contribution in [-0.2, 0) is 28.6 Å². The molecule has 0 bridgehead atoms. The van der Waals surface area contributed by atoms with E-state index in [9.17, 15) is 14.4 Å². The lowest BCUT2D eigenvalue weighted by atomic mass is 10.0. The number of hydrogen-bond donors (Lipinski definition) is 0. The van der Waals surface area contributed by atoms with Crippen molar-refractivity contribution < 1.29 is 28.6 Å². The van der Waals surface area contributed by atoms with E-state index in [4.69, 9.17) is 14.2 Å². The number of ether oxygens (including phenoxy) is 3. The molecule has 6 heteroatoms. The van der Waals surface area contributed by atoms with Crippen LogP contribution in [0.25, 0.3) is 0 Å². The molecule has 0 saturated heterocycles. The second kappa shape index (κ2) is 55.7. The highest BCUT2D eigenvalue weighted by molar-refractivity contribution is 5.71. The fraction of sp³-hybridized carbons (Fsp3) is 0.787. The van der Waals surface area contributed by atoms with E-state index < -0.39 is 6.10 Å². The normalized spacial score (nSPS) is 12.5. The summed E-state index contributed by atoms with van der Waals surface area (Å²) in [5.41, 5.74) is 0. The molecular formula is C61H108O6. The Morgan fingerprint density at radius 1 is 0.313 bits per heavy atom. The van der Waals surface area contributed by atoms with E-state index in [1.165, 1.54) is 161 Å². The van der Waals surface area contributed by atoms with Gasteiger partial charge in [0.15, 0.2) is 6.10 Å². The van der Waals surface area contributed by atoms with Gasteiger partial charge in [0.05, 0.1) is 0 Å². The highest BCUT2D eigenvalue weighted by atomic mass is 16.6. The van der Waals surface area contributed by atoms with Gasteiger partial charge in [0.1, 0.15) is 13.2 Å². The van der Waals surface area contributed by atoms with Crippen LogP contribution in [0.1, 0.15) is 290 Å². The van der Waals surface area contributed by atoms with Crippen LogP contribution in [0, 0.1) is 0 Å². The van der Waals surface area contributed by atoms with E-state index in [0.29, 0.717) is 19.3 Å². The first-order valence-corrected chi connectivity index (χ1v) is 28.8. The van der Waals surface area contributed by atoms with Crippen molar-refractivity contribution in [2.24, 2.45) is 0 Å². The molecule has 0 amide bonds. The number of hydrogen-bond acceptors (Lipinski definition) is 6. The first-order chi connectivity index (χ1) is 33.0. The van der Waals surface area contributed by atoms with Gasteiger partial charge in [0.25, 0.3) is 0 Å². The van der Waals surface area contributed by atoms with Crippen LogP contribution in [-0.4, -0.2) is 37.2 Å². The molecule has 0 spiro atoms. The molecule has 0 radical (unpaired) electrons. The summed E-state index contributed by atoms with van der Waals surface area (Å²) in [6, 6.07) is 0. The van der Waals surface area contributed by atoms with Crippen LogP contribution >= 0.6 is 0 Å². The maximum absolute atomic E-state index is 12.8. The van der Waals surface area contributed by atoms with E-state index in [1.807, 2.05) is 0 Å². The summed E-state index contributed by atoms with van der Waals surface area (Å²) in [6.45, 7) is 6.49. The number of unbranched alkanes of at least 4 members (excludes halogenated alkanes) is 31. The van der Waals surface area contributed by atoms with Crippen molar-refractivity contribution in [3.05, 3.63) is 60.8 Å². The maximum Gasteiger partial charge on any atom is 0.306 e. The predicted octanol–water partition coefficient (Wildman–Crippen LogP) is 19.2. The van der Waals surface area contributed by atoms with Gasteiger partial charge in [-0.05, 0) is 83.5 Å². The predicted molar refractivity (Wildman–Crippen MR) is 288 cm³/mol. The summed E-state index contributed by atoms with van der Waals surface area (Å²) in [6.07, 6.45) is 69.4. The number of esters is 3. The van der Waals surface area contributed by atoms with Crippen LogP contribution in [0.4, 0.5) is 0 Å². The number of allylic oxidation sites excluding steroid dienone is 10. The zero-order chi connectivity index (χ0) is 48.6. The first kappa shape index (κ1) is 64.1. The summed E-state index contributed by atoms with van der Waals surface area (Å²) in [4.78, 5) is 38.1. The van der Waals surface area contributed by atoms with E-state index in [2.05, 4.69) is 81.5 Å². The first-order valence-electron chi connectivity index (χ1n) is 28.8. The minimum Gasteiger partial charge on any atom is -0.462 e. The highest BCUT2D eigenvalue weighted by Crippen LogP contribution is 2.16. The molecule has 67 heavy (non-hydrogen) atoms. The molecule has 0 saturated carbocycles. The lowest BCUT2D eigenvalue weighted by Gasteiger charge is -2.18. The van der Waals surface area contributed by atoms with Crippen molar-refractivity contribution in [1.29, 1.82) is 0 Å². The van der Waals surface area contributed by atoms with Gasteiger partial charge < -0.3 is 14.2 Å². The fourth-order valence-electron chi connectivity index (χ4n) is 8.19. The van der Waals surface area contributed by atoms with Gasteiger partial charge in [-0.2, -0.15) is 0 Å². The van der Waals surface area contributed by atoms with Crippen molar-refractivity contribution >= 4 is 17.9 Å². The lowest BCUT2D eigenvalue weighted by molar-refractivity contribution is -0.167. The zero-order valence-corrected chi connectivity index (χ0v) is 44.4. The van der Waals surface area contributed by atoms with Crippen molar-refractivity contribution in [2.75, 3.05) is 13.2 Å². The summed E-state index contributed by atoms with van der Waals surface area (Å²) < 4.78 is 16.8. The zero-order valence-electron chi connectivity index (χ0n) is 44.4. The van der Waals surface area contributed by atoms with E-state index >= 15 is 0 Å². The molecule has 0 fully saturated rings. The number of carbonyl (C=O) groups is 3. The Kier molecular flexibility index (Phi) is 53.3. The van der Waals surface area contributed by atoms with Crippen LogP contribution in [0.5, 0.6) is 0 Å². The third kappa shape index (κ3) is 53.9. The van der Waals surface area contributed by atoms with Crippen molar-refractivity contribution in [3.8, 4) is 0 Å². The topological polar surface area (TPSA) is 78.9 Å². The molecule has 1 atom stereocenters. The summed E-state index contributed by atoms with van der Waals surface area (Å²) >= 11 is 0. The Hall–Kier alpha value is -2.89. The minimum absolute atomic E-state index is 0.0911. The molecule has 0 aliphatic carbocycles. The molecule has 0 aromatic heterocycles. The van der Waals surface area contributed by atoms with Crippen LogP contribution in [0.3, 0.4) is 0 Å².